The summed E-state index contributed by atoms with van der Waals surface area (Å²) in [4.78, 5) is 12.7. The normalized spacial score (nSPS) is 9.73. The molecule has 1 aromatic heterocycles. The van der Waals surface area contributed by atoms with E-state index in [0.717, 1.165) is 18.1 Å². The van der Waals surface area contributed by atoms with Crippen LogP contribution in [0.25, 0.3) is 0 Å². The third-order valence-electron chi connectivity index (χ3n) is 1.74. The van der Waals surface area contributed by atoms with Gasteiger partial charge in [-0.15, -0.1) is 0 Å². The number of amides is 2. The number of nitrogens with zero attached hydrogens (tertiary/aromatic N) is 2. The van der Waals surface area contributed by atoms with Crippen molar-refractivity contribution in [3.8, 4) is 0 Å². The zero-order valence-corrected chi connectivity index (χ0v) is 9.50. The molecule has 0 atom stereocenters. The van der Waals surface area contributed by atoms with Gasteiger partial charge in [0.15, 0.2) is 5.82 Å². The maximum Gasteiger partial charge on any atom is 0.324 e. The number of carbonyl (C=O) groups excluding carboxylic acids is 1. The summed E-state index contributed by atoms with van der Waals surface area (Å²) in [5.41, 5.74) is 0. The Bertz CT molecular complexity index is 291. The molecule has 0 unspecified atom stereocenters. The van der Waals surface area contributed by atoms with Crippen molar-refractivity contribution in [2.45, 2.75) is 0 Å². The number of carbonyl (C=O) groups is 1. The number of anilines is 1. The molecule has 1 heterocycles. The molecule has 2 N–H and O–H groups in total. The summed E-state index contributed by atoms with van der Waals surface area (Å²) in [5, 5.41) is 6.26. The first-order valence-electron chi connectivity index (χ1n) is 4.45. The number of hydrogen-bond donors (Lipinski definition) is 2. The highest BCUT2D eigenvalue weighted by Crippen LogP contribution is 2.07. The van der Waals surface area contributed by atoms with Gasteiger partial charge in [-0.3, -0.25) is 4.72 Å². The molecule has 0 spiro atoms. The Balaban J connectivity index is 2.13. The van der Waals surface area contributed by atoms with E-state index in [1.165, 1.54) is 18.2 Å². The maximum atomic E-state index is 10.8. The van der Waals surface area contributed by atoms with Crippen LogP contribution in [-0.2, 0) is 0 Å². The molecule has 0 fully saturated rings. The number of aromatic nitrogens is 1. The minimum Gasteiger partial charge on any atom is -0.363 e. The molecule has 84 valence electrons. The van der Waals surface area contributed by atoms with Crippen molar-refractivity contribution >= 4 is 23.8 Å². The highest BCUT2D eigenvalue weighted by Gasteiger charge is 2.03. The minimum atomic E-state index is -0.191. The van der Waals surface area contributed by atoms with Crippen molar-refractivity contribution in [3.05, 3.63) is 12.3 Å². The number of nitrogens with one attached hydrogen (secondary N) is 2. The van der Waals surface area contributed by atoms with Gasteiger partial charge in [0.1, 0.15) is 6.26 Å². The number of rotatable bonds is 5. The minimum absolute atomic E-state index is 0.191. The van der Waals surface area contributed by atoms with Crippen LogP contribution in [0.2, 0.25) is 0 Å². The van der Waals surface area contributed by atoms with Crippen LogP contribution in [0.15, 0.2) is 16.9 Å². The van der Waals surface area contributed by atoms with E-state index in [-0.39, 0.29) is 6.03 Å². The Morgan fingerprint density at radius 2 is 2.53 bits per heavy atom. The predicted octanol–water partition coefficient (Wildman–Crippen LogP) is 0.688. The van der Waals surface area contributed by atoms with E-state index in [4.69, 9.17) is 4.52 Å². The average molecular weight is 230 g/mol. The van der Waals surface area contributed by atoms with Gasteiger partial charge < -0.3 is 14.7 Å². The zero-order valence-electron chi connectivity index (χ0n) is 8.69. The van der Waals surface area contributed by atoms with E-state index in [9.17, 15) is 4.79 Å². The second-order valence-electron chi connectivity index (χ2n) is 2.81. The Kier molecular flexibility index (Phi) is 4.82. The fourth-order valence-electron chi connectivity index (χ4n) is 0.868. The highest BCUT2D eigenvalue weighted by molar-refractivity contribution is 7.97. The van der Waals surface area contributed by atoms with Crippen molar-refractivity contribution in [1.82, 2.24) is 15.2 Å². The largest absolute Gasteiger partial charge is 0.363 e. The van der Waals surface area contributed by atoms with Crippen molar-refractivity contribution in [2.24, 2.45) is 0 Å². The Morgan fingerprint density at radius 1 is 1.73 bits per heavy atom. The molecule has 0 radical (unpaired) electrons. The average Bonchev–Trinajstić information content (AvgIpc) is 2.77. The van der Waals surface area contributed by atoms with Crippen LogP contribution in [0.1, 0.15) is 0 Å². The van der Waals surface area contributed by atoms with Gasteiger partial charge in [-0.1, -0.05) is 5.16 Å². The summed E-state index contributed by atoms with van der Waals surface area (Å²) < 4.78 is 7.35. The monoisotopic (exact) mass is 230 g/mol. The first-order chi connectivity index (χ1) is 7.24. The van der Waals surface area contributed by atoms with Gasteiger partial charge >= 0.3 is 6.03 Å². The molecule has 0 aliphatic carbocycles. The first kappa shape index (κ1) is 11.7. The van der Waals surface area contributed by atoms with Gasteiger partial charge in [0.2, 0.25) is 0 Å². The van der Waals surface area contributed by atoms with Gasteiger partial charge in [-0.05, 0) is 11.9 Å². The molecular weight excluding hydrogens is 216 g/mol. The van der Waals surface area contributed by atoms with Crippen molar-refractivity contribution < 1.29 is 9.32 Å². The van der Waals surface area contributed by atoms with Crippen molar-refractivity contribution in [3.63, 3.8) is 0 Å². The molecule has 2 amide bonds. The second-order valence-corrected chi connectivity index (χ2v) is 3.71. The van der Waals surface area contributed by atoms with E-state index >= 15 is 0 Å². The van der Waals surface area contributed by atoms with E-state index in [2.05, 4.69) is 15.2 Å². The summed E-state index contributed by atoms with van der Waals surface area (Å²) in [7, 11) is 3.50. The Hall–Kier alpha value is -1.37. The van der Waals surface area contributed by atoms with Gasteiger partial charge in [0.25, 0.3) is 0 Å². The molecule has 7 heteroatoms. The molecular formula is C8H14N4O2S. The van der Waals surface area contributed by atoms with Crippen LogP contribution in [0.4, 0.5) is 10.6 Å². The van der Waals surface area contributed by atoms with E-state index < -0.39 is 0 Å². The Labute approximate surface area is 92.5 Å². The number of urea groups is 1. The van der Waals surface area contributed by atoms with Gasteiger partial charge in [-0.25, -0.2) is 4.79 Å². The lowest BCUT2D eigenvalue weighted by molar-refractivity contribution is 0.248. The fourth-order valence-corrected chi connectivity index (χ4v) is 1.57. The lowest BCUT2D eigenvalue weighted by Gasteiger charge is -2.14. The summed E-state index contributed by atoms with van der Waals surface area (Å²) in [6.45, 7) is 0.779. The van der Waals surface area contributed by atoms with Crippen LogP contribution in [-0.4, -0.2) is 37.6 Å². The molecule has 0 aliphatic heterocycles. The zero-order chi connectivity index (χ0) is 11.1. The molecule has 0 bridgehead atoms. The Morgan fingerprint density at radius 3 is 3.13 bits per heavy atom. The molecule has 0 saturated carbocycles. The fraction of sp³-hybridized carbons (Fsp3) is 0.500. The molecule has 0 saturated heterocycles. The van der Waals surface area contributed by atoms with Crippen molar-refractivity contribution in [1.29, 1.82) is 0 Å². The van der Waals surface area contributed by atoms with Gasteiger partial charge in [0.05, 0.1) is 0 Å². The topological polar surface area (TPSA) is 70.4 Å². The molecule has 0 aliphatic rings. The quantitative estimate of drug-likeness (QED) is 0.575. The third-order valence-corrected chi connectivity index (χ3v) is 2.45. The van der Waals surface area contributed by atoms with Crippen LogP contribution in [0.3, 0.4) is 0 Å². The van der Waals surface area contributed by atoms with Crippen molar-refractivity contribution in [2.75, 3.05) is 31.3 Å². The van der Waals surface area contributed by atoms with Crippen LogP contribution >= 0.6 is 11.9 Å². The van der Waals surface area contributed by atoms with Gasteiger partial charge in [-0.2, -0.15) is 0 Å². The molecule has 6 nitrogen and oxygen atoms in total. The molecule has 15 heavy (non-hydrogen) atoms. The van der Waals surface area contributed by atoms with Crippen LogP contribution < -0.4 is 14.9 Å². The van der Waals surface area contributed by atoms with Gasteiger partial charge in [0, 0.05) is 32.5 Å². The lowest BCUT2D eigenvalue weighted by atomic mass is 10.5. The molecule has 0 aromatic carbocycles. The maximum absolute atomic E-state index is 10.8. The van der Waals surface area contributed by atoms with E-state index in [1.54, 1.807) is 13.1 Å². The summed E-state index contributed by atoms with van der Waals surface area (Å²) >= 11 is 1.35. The van der Waals surface area contributed by atoms with Crippen LogP contribution in [0.5, 0.6) is 0 Å². The number of hydrogen-bond acceptors (Lipinski definition) is 5. The predicted molar refractivity (Wildman–Crippen MR) is 59.8 cm³/mol. The summed E-state index contributed by atoms with van der Waals surface area (Å²) in [5.74, 6) is 1.56. The van der Waals surface area contributed by atoms with E-state index in [0.29, 0.717) is 0 Å². The summed E-state index contributed by atoms with van der Waals surface area (Å²) in [6, 6.07) is 1.60. The third kappa shape index (κ3) is 4.11. The SMILES string of the molecule is CNC(=O)NSCCN(C)c1ccon1. The highest BCUT2D eigenvalue weighted by atomic mass is 32.2. The second kappa shape index (κ2) is 6.18. The van der Waals surface area contributed by atoms with E-state index in [1.807, 2.05) is 11.9 Å². The lowest BCUT2D eigenvalue weighted by Crippen LogP contribution is -2.29. The molecule has 1 rings (SSSR count). The standard InChI is InChI=1S/C8H14N4O2S/c1-9-8(13)11-15-6-4-12(2)7-3-5-14-10-7/h3,5H,4,6H2,1-2H3,(H2,9,11,13). The summed E-state index contributed by atoms with van der Waals surface area (Å²) in [6.07, 6.45) is 1.53. The first-order valence-corrected chi connectivity index (χ1v) is 5.43. The van der Waals surface area contributed by atoms with Crippen LogP contribution in [0, 0.1) is 0 Å². The smallest absolute Gasteiger partial charge is 0.324 e. The molecule has 1 aromatic rings.